The molecular weight excluding hydrogens is 468 g/mol. The van der Waals surface area contributed by atoms with Crippen molar-refractivity contribution in [1.82, 2.24) is 9.97 Å². The third-order valence-corrected chi connectivity index (χ3v) is 7.30. The highest BCUT2D eigenvalue weighted by Crippen LogP contribution is 2.24. The summed E-state index contributed by atoms with van der Waals surface area (Å²) in [5.41, 5.74) is 0.839. The van der Waals surface area contributed by atoms with Gasteiger partial charge in [0.05, 0.1) is 4.90 Å². The molecule has 0 unspecified atom stereocenters. The van der Waals surface area contributed by atoms with Crippen molar-refractivity contribution < 1.29 is 16.8 Å². The summed E-state index contributed by atoms with van der Waals surface area (Å²) in [6.45, 7) is 1.71. The summed E-state index contributed by atoms with van der Waals surface area (Å²) in [5, 5.41) is 0. The van der Waals surface area contributed by atoms with Crippen LogP contribution in [0.25, 0.3) is 0 Å². The van der Waals surface area contributed by atoms with Gasteiger partial charge in [0.25, 0.3) is 20.0 Å². The summed E-state index contributed by atoms with van der Waals surface area (Å²) >= 11 is 3.20. The molecule has 0 aliphatic heterocycles. The Labute approximate surface area is 171 Å². The summed E-state index contributed by atoms with van der Waals surface area (Å²) < 4.78 is 55.0. The van der Waals surface area contributed by atoms with Gasteiger partial charge in [-0.05, 0) is 65.3 Å². The van der Waals surface area contributed by atoms with Crippen molar-refractivity contribution in [2.45, 2.75) is 16.7 Å². The summed E-state index contributed by atoms with van der Waals surface area (Å²) in [6, 6.07) is 13.3. The average molecular weight is 483 g/mol. The number of hydrogen-bond acceptors (Lipinski definition) is 6. The quantitative estimate of drug-likeness (QED) is 0.556. The molecule has 0 spiro atoms. The number of aryl methyl sites for hydroxylation is 1. The van der Waals surface area contributed by atoms with Crippen molar-refractivity contribution in [3.05, 3.63) is 71.0 Å². The lowest BCUT2D eigenvalue weighted by atomic mass is 10.3. The molecule has 0 aliphatic rings. The van der Waals surface area contributed by atoms with E-state index in [-0.39, 0.29) is 21.4 Å². The molecule has 0 amide bonds. The van der Waals surface area contributed by atoms with Gasteiger partial charge in [0.1, 0.15) is 4.90 Å². The highest BCUT2D eigenvalue weighted by Gasteiger charge is 2.19. The predicted octanol–water partition coefficient (Wildman–Crippen LogP) is 3.15. The number of aromatic nitrogens is 2. The molecular formula is C17H15BrN4O4S2. The van der Waals surface area contributed by atoms with E-state index < -0.39 is 20.0 Å². The van der Waals surface area contributed by atoms with Gasteiger partial charge in [0.15, 0.2) is 0 Å². The highest BCUT2D eigenvalue weighted by molar-refractivity contribution is 9.10. The molecule has 8 nitrogen and oxygen atoms in total. The van der Waals surface area contributed by atoms with Gasteiger partial charge < -0.3 is 0 Å². The van der Waals surface area contributed by atoms with Crippen LogP contribution in [0.2, 0.25) is 0 Å². The van der Waals surface area contributed by atoms with E-state index in [1.165, 1.54) is 36.5 Å². The molecule has 0 bridgehead atoms. The molecule has 0 saturated carbocycles. The van der Waals surface area contributed by atoms with Crippen LogP contribution in [0.5, 0.6) is 0 Å². The topological polar surface area (TPSA) is 118 Å². The van der Waals surface area contributed by atoms with E-state index in [9.17, 15) is 16.8 Å². The second-order valence-electron chi connectivity index (χ2n) is 5.69. The molecule has 0 radical (unpaired) electrons. The standard InChI is InChI=1S/C17H15BrN4O4S2/c1-12-10-11-19-17(20-12)22-27(23,24)14-8-6-13(7-9-14)21-28(25,26)16-5-3-2-4-15(16)18/h2-11,21H,1H3,(H,19,20,22). The molecule has 3 aromatic rings. The van der Waals surface area contributed by atoms with Gasteiger partial charge in [-0.15, -0.1) is 0 Å². The number of nitrogens with zero attached hydrogens (tertiary/aromatic N) is 2. The van der Waals surface area contributed by atoms with Crippen LogP contribution in [0.1, 0.15) is 5.69 Å². The number of rotatable bonds is 6. The summed E-state index contributed by atoms with van der Waals surface area (Å²) in [7, 11) is -7.74. The maximum Gasteiger partial charge on any atom is 0.264 e. The van der Waals surface area contributed by atoms with Gasteiger partial charge in [-0.3, -0.25) is 4.72 Å². The average Bonchev–Trinajstić information content (AvgIpc) is 2.61. The van der Waals surface area contributed by atoms with E-state index >= 15 is 0 Å². The summed E-state index contributed by atoms with van der Waals surface area (Å²) in [6.07, 6.45) is 1.44. The Morgan fingerprint density at radius 2 is 1.54 bits per heavy atom. The Bertz CT molecular complexity index is 1210. The molecule has 0 aliphatic carbocycles. The highest BCUT2D eigenvalue weighted by atomic mass is 79.9. The maximum atomic E-state index is 12.5. The SMILES string of the molecule is Cc1ccnc(NS(=O)(=O)c2ccc(NS(=O)(=O)c3ccccc3Br)cc2)n1. The largest absolute Gasteiger partial charge is 0.280 e. The predicted molar refractivity (Wildman–Crippen MR) is 109 cm³/mol. The first-order valence-corrected chi connectivity index (χ1v) is 11.6. The van der Waals surface area contributed by atoms with E-state index in [4.69, 9.17) is 0 Å². The minimum absolute atomic E-state index is 0.0429. The second kappa shape index (κ2) is 7.86. The van der Waals surface area contributed by atoms with Gasteiger partial charge in [-0.1, -0.05) is 12.1 Å². The normalized spacial score (nSPS) is 11.8. The Hall–Kier alpha value is -2.50. The molecule has 2 N–H and O–H groups in total. The fourth-order valence-corrected chi connectivity index (χ4v) is 5.27. The smallest absolute Gasteiger partial charge is 0.264 e. The van der Waals surface area contributed by atoms with Crippen LogP contribution in [-0.4, -0.2) is 26.8 Å². The van der Waals surface area contributed by atoms with Crippen LogP contribution < -0.4 is 9.44 Å². The molecule has 28 heavy (non-hydrogen) atoms. The van der Waals surface area contributed by atoms with Gasteiger partial charge in [-0.2, -0.15) is 0 Å². The lowest BCUT2D eigenvalue weighted by Gasteiger charge is -2.11. The van der Waals surface area contributed by atoms with E-state index in [1.807, 2.05) is 0 Å². The monoisotopic (exact) mass is 482 g/mol. The number of sulfonamides is 2. The Balaban J connectivity index is 1.80. The van der Waals surface area contributed by atoms with E-state index in [2.05, 4.69) is 35.3 Å². The fourth-order valence-electron chi connectivity index (χ4n) is 2.25. The first kappa shape index (κ1) is 20.2. The fraction of sp³-hybridized carbons (Fsp3) is 0.0588. The van der Waals surface area contributed by atoms with Gasteiger partial charge in [-0.25, -0.2) is 31.5 Å². The zero-order valence-electron chi connectivity index (χ0n) is 14.5. The molecule has 1 heterocycles. The van der Waals surface area contributed by atoms with Crippen molar-refractivity contribution in [1.29, 1.82) is 0 Å². The molecule has 11 heteroatoms. The van der Waals surface area contributed by atoms with Crippen molar-refractivity contribution in [3.8, 4) is 0 Å². The van der Waals surface area contributed by atoms with Gasteiger partial charge in [0.2, 0.25) is 5.95 Å². The van der Waals surface area contributed by atoms with Crippen LogP contribution in [0.4, 0.5) is 11.6 Å². The van der Waals surface area contributed by atoms with Crippen LogP contribution >= 0.6 is 15.9 Å². The molecule has 3 rings (SSSR count). The van der Waals surface area contributed by atoms with E-state index in [1.54, 1.807) is 31.2 Å². The maximum absolute atomic E-state index is 12.5. The van der Waals surface area contributed by atoms with Gasteiger partial charge >= 0.3 is 0 Å². The van der Waals surface area contributed by atoms with Crippen molar-refractivity contribution in [2.24, 2.45) is 0 Å². The van der Waals surface area contributed by atoms with Crippen LogP contribution in [-0.2, 0) is 20.0 Å². The number of hydrogen-bond donors (Lipinski definition) is 2. The Morgan fingerprint density at radius 1 is 0.857 bits per heavy atom. The van der Waals surface area contributed by atoms with Crippen LogP contribution in [0.15, 0.2) is 75.1 Å². The summed E-state index contributed by atoms with van der Waals surface area (Å²) in [4.78, 5) is 7.87. The molecule has 0 atom stereocenters. The molecule has 146 valence electrons. The zero-order chi connectivity index (χ0) is 20.4. The molecule has 0 saturated heterocycles. The lowest BCUT2D eigenvalue weighted by molar-refractivity contribution is 0.599. The van der Waals surface area contributed by atoms with Crippen LogP contribution in [0, 0.1) is 6.92 Å². The van der Waals surface area contributed by atoms with Crippen molar-refractivity contribution >= 4 is 47.6 Å². The summed E-state index contributed by atoms with van der Waals surface area (Å²) in [5.74, 6) is -0.0429. The zero-order valence-corrected chi connectivity index (χ0v) is 17.7. The third kappa shape index (κ3) is 4.66. The number of nitrogens with one attached hydrogen (secondary N) is 2. The van der Waals surface area contributed by atoms with Crippen molar-refractivity contribution in [3.63, 3.8) is 0 Å². The van der Waals surface area contributed by atoms with E-state index in [0.717, 1.165) is 0 Å². The number of benzene rings is 2. The first-order chi connectivity index (χ1) is 13.2. The van der Waals surface area contributed by atoms with Gasteiger partial charge in [0, 0.05) is 22.1 Å². The Morgan fingerprint density at radius 3 is 2.18 bits per heavy atom. The third-order valence-electron chi connectivity index (χ3n) is 3.56. The number of anilines is 2. The van der Waals surface area contributed by atoms with E-state index in [0.29, 0.717) is 10.2 Å². The second-order valence-corrected chi connectivity index (χ2v) is 9.87. The lowest BCUT2D eigenvalue weighted by Crippen LogP contribution is -2.16. The molecule has 2 aromatic carbocycles. The Kier molecular flexibility index (Phi) is 5.68. The first-order valence-electron chi connectivity index (χ1n) is 7.87. The molecule has 1 aromatic heterocycles. The minimum Gasteiger partial charge on any atom is -0.280 e. The van der Waals surface area contributed by atoms with Crippen molar-refractivity contribution in [2.75, 3.05) is 9.44 Å². The minimum atomic E-state index is -3.91. The molecule has 0 fully saturated rings. The number of halogens is 1. The van der Waals surface area contributed by atoms with Crippen LogP contribution in [0.3, 0.4) is 0 Å².